The summed E-state index contributed by atoms with van der Waals surface area (Å²) < 4.78 is 5.50. The van der Waals surface area contributed by atoms with E-state index in [1.165, 1.54) is 308 Å². The van der Waals surface area contributed by atoms with Gasteiger partial charge >= 0.3 is 5.97 Å². The van der Waals surface area contributed by atoms with Crippen LogP contribution in [0.1, 0.15) is 386 Å². The van der Waals surface area contributed by atoms with Crippen LogP contribution in [-0.4, -0.2) is 47.4 Å². The third-order valence-electron chi connectivity index (χ3n) is 16.4. The summed E-state index contributed by atoms with van der Waals surface area (Å²) in [5.41, 5.74) is 0. The van der Waals surface area contributed by atoms with Crippen molar-refractivity contribution in [3.05, 3.63) is 36.5 Å². The number of amides is 1. The number of rotatable bonds is 66. The quantitative estimate of drug-likeness (QED) is 0.0320. The van der Waals surface area contributed by atoms with Crippen molar-refractivity contribution >= 4 is 11.9 Å². The fourth-order valence-electron chi connectivity index (χ4n) is 11.0. The number of hydrogen-bond acceptors (Lipinski definition) is 5. The summed E-state index contributed by atoms with van der Waals surface area (Å²) in [5.74, 6) is -0.0673. The van der Waals surface area contributed by atoms with E-state index in [9.17, 15) is 19.8 Å². The zero-order chi connectivity index (χ0) is 56.4. The highest BCUT2D eigenvalue weighted by atomic mass is 16.5. The molecule has 2 unspecified atom stereocenters. The minimum absolute atomic E-state index is 0.00489. The fraction of sp³-hybridized carbons (Fsp3) is 0.889. The van der Waals surface area contributed by atoms with Crippen LogP contribution >= 0.6 is 0 Å². The predicted octanol–water partition coefficient (Wildman–Crippen LogP) is 22.7. The lowest BCUT2D eigenvalue weighted by molar-refractivity contribution is -0.143. The second kappa shape index (κ2) is 67.6. The van der Waals surface area contributed by atoms with Crippen LogP contribution in [0.25, 0.3) is 0 Å². The lowest BCUT2D eigenvalue weighted by Gasteiger charge is -2.20. The van der Waals surface area contributed by atoms with Crippen LogP contribution in [0.3, 0.4) is 0 Å². The van der Waals surface area contributed by atoms with Crippen LogP contribution in [0.15, 0.2) is 36.5 Å². The molecule has 0 aliphatic carbocycles. The number of nitrogens with one attached hydrogen (secondary N) is 1. The molecule has 460 valence electrons. The van der Waals surface area contributed by atoms with Gasteiger partial charge in [0.25, 0.3) is 0 Å². The van der Waals surface area contributed by atoms with Crippen LogP contribution in [0, 0.1) is 0 Å². The zero-order valence-corrected chi connectivity index (χ0v) is 52.7. The summed E-state index contributed by atoms with van der Waals surface area (Å²) in [6, 6.07) is -0.635. The Morgan fingerprint density at radius 2 is 0.603 bits per heavy atom. The molecule has 0 aromatic heterocycles. The summed E-state index contributed by atoms with van der Waals surface area (Å²) in [6.45, 7) is 4.92. The Morgan fingerprint density at radius 1 is 0.346 bits per heavy atom. The number of aliphatic hydroxyl groups excluding tert-OH is 2. The number of ether oxygens (including phenoxy) is 1. The number of allylic oxidation sites excluding steroid dienone is 5. The minimum Gasteiger partial charge on any atom is -0.466 e. The van der Waals surface area contributed by atoms with Gasteiger partial charge in [-0.25, -0.2) is 0 Å². The van der Waals surface area contributed by atoms with Gasteiger partial charge in [0.1, 0.15) is 0 Å². The van der Waals surface area contributed by atoms with Gasteiger partial charge in [0.05, 0.1) is 25.4 Å². The maximum atomic E-state index is 12.5. The van der Waals surface area contributed by atoms with Crippen LogP contribution < -0.4 is 5.32 Å². The molecule has 0 aliphatic rings. The summed E-state index contributed by atoms with van der Waals surface area (Å²) in [6.07, 6.45) is 86.4. The van der Waals surface area contributed by atoms with Gasteiger partial charge < -0.3 is 20.3 Å². The van der Waals surface area contributed by atoms with E-state index in [4.69, 9.17) is 4.74 Å². The summed E-state index contributed by atoms with van der Waals surface area (Å²) in [7, 11) is 0. The number of carbonyl (C=O) groups excluding carboxylic acids is 2. The first-order chi connectivity index (χ1) is 38.5. The van der Waals surface area contributed by atoms with Gasteiger partial charge in [-0.1, -0.05) is 326 Å². The summed E-state index contributed by atoms with van der Waals surface area (Å²) >= 11 is 0. The van der Waals surface area contributed by atoms with Gasteiger partial charge in [0.2, 0.25) is 5.91 Å². The Morgan fingerprint density at radius 3 is 0.910 bits per heavy atom. The van der Waals surface area contributed by atoms with Gasteiger partial charge in [-0.2, -0.15) is 0 Å². The Kier molecular flexibility index (Phi) is 65.9. The first-order valence-corrected chi connectivity index (χ1v) is 35.3. The van der Waals surface area contributed by atoms with E-state index in [0.29, 0.717) is 19.4 Å². The molecule has 0 heterocycles. The van der Waals surface area contributed by atoms with Crippen molar-refractivity contribution in [2.24, 2.45) is 0 Å². The molecule has 0 saturated carbocycles. The van der Waals surface area contributed by atoms with Crippen molar-refractivity contribution in [3.8, 4) is 0 Å². The van der Waals surface area contributed by atoms with Gasteiger partial charge in [0, 0.05) is 12.8 Å². The van der Waals surface area contributed by atoms with Crippen molar-refractivity contribution < 1.29 is 24.5 Å². The van der Waals surface area contributed by atoms with Crippen molar-refractivity contribution in [2.45, 2.75) is 398 Å². The maximum Gasteiger partial charge on any atom is 0.305 e. The number of unbranched alkanes of at least 4 members (excludes halogenated alkanes) is 51. The molecule has 0 saturated heterocycles. The second-order valence-corrected chi connectivity index (χ2v) is 24.2. The lowest BCUT2D eigenvalue weighted by Crippen LogP contribution is -2.45. The van der Waals surface area contributed by atoms with Crippen LogP contribution in [-0.2, 0) is 14.3 Å². The topological polar surface area (TPSA) is 95.9 Å². The molecule has 6 heteroatoms. The first kappa shape index (κ1) is 76.1. The maximum absolute atomic E-state index is 12.5. The normalized spacial score (nSPS) is 12.7. The Balaban J connectivity index is 3.44. The van der Waals surface area contributed by atoms with Crippen molar-refractivity contribution in [2.75, 3.05) is 13.2 Å². The zero-order valence-electron chi connectivity index (χ0n) is 52.7. The average Bonchev–Trinajstić information content (AvgIpc) is 3.44. The molecule has 0 aliphatic heterocycles. The molecule has 0 radical (unpaired) electrons. The third kappa shape index (κ3) is 63.3. The number of esters is 1. The molecule has 0 spiro atoms. The van der Waals surface area contributed by atoms with Crippen LogP contribution in [0.2, 0.25) is 0 Å². The molecule has 0 aromatic carbocycles. The van der Waals surface area contributed by atoms with Gasteiger partial charge in [-0.05, 0) is 83.5 Å². The van der Waals surface area contributed by atoms with Gasteiger partial charge in [-0.3, -0.25) is 9.59 Å². The third-order valence-corrected chi connectivity index (χ3v) is 16.4. The average molecular weight is 1100 g/mol. The molecule has 0 bridgehead atoms. The highest BCUT2D eigenvalue weighted by Crippen LogP contribution is 2.18. The largest absolute Gasteiger partial charge is 0.466 e. The number of carbonyl (C=O) groups is 2. The van der Waals surface area contributed by atoms with E-state index in [0.717, 1.165) is 51.4 Å². The monoisotopic (exact) mass is 1100 g/mol. The Bertz CT molecular complexity index is 1260. The van der Waals surface area contributed by atoms with Gasteiger partial charge in [0.15, 0.2) is 0 Å². The fourth-order valence-corrected chi connectivity index (χ4v) is 11.0. The molecular weight excluding hydrogens is 959 g/mol. The van der Waals surface area contributed by atoms with E-state index >= 15 is 0 Å². The van der Waals surface area contributed by atoms with E-state index in [-0.39, 0.29) is 18.5 Å². The van der Waals surface area contributed by atoms with Crippen molar-refractivity contribution in [1.82, 2.24) is 5.32 Å². The Labute approximate surface area is 487 Å². The minimum atomic E-state index is -0.851. The van der Waals surface area contributed by atoms with E-state index < -0.39 is 12.1 Å². The molecule has 1 amide bonds. The molecule has 2 atom stereocenters. The molecule has 0 rings (SSSR count). The van der Waals surface area contributed by atoms with Crippen molar-refractivity contribution in [3.63, 3.8) is 0 Å². The molecule has 6 nitrogen and oxygen atoms in total. The molecule has 3 N–H and O–H groups in total. The molecule has 78 heavy (non-hydrogen) atoms. The van der Waals surface area contributed by atoms with Crippen molar-refractivity contribution in [1.29, 1.82) is 0 Å². The first-order valence-electron chi connectivity index (χ1n) is 35.3. The molecule has 0 aromatic rings. The lowest BCUT2D eigenvalue weighted by atomic mass is 10.0. The van der Waals surface area contributed by atoms with Gasteiger partial charge in [-0.15, -0.1) is 0 Å². The number of aliphatic hydroxyl groups is 2. The van der Waals surface area contributed by atoms with Crippen LogP contribution in [0.4, 0.5) is 0 Å². The predicted molar refractivity (Wildman–Crippen MR) is 343 cm³/mol. The Hall–Kier alpha value is -1.92. The second-order valence-electron chi connectivity index (χ2n) is 24.2. The molecular formula is C72H137NO5. The highest BCUT2D eigenvalue weighted by Gasteiger charge is 2.18. The van der Waals surface area contributed by atoms with E-state index in [2.05, 4.69) is 43.5 Å². The standard InChI is InChI=1S/C72H137NO5/c1-3-5-7-9-11-13-15-17-19-21-22-23-24-26-29-33-36-40-44-48-52-56-60-64-70(75)69(68-74)73-71(76)65-61-57-53-49-45-41-37-34-30-27-25-28-31-35-39-43-47-51-55-59-63-67-78-72(77)66-62-58-54-50-46-42-38-32-20-18-16-14-12-10-8-6-4-2/h18,20,27,30,60,64,69-70,74-75H,3-17,19,21-26,28-29,31-59,61-63,65-68H2,1-2H3,(H,73,76)/b20-18-,30-27-,64-60+. The number of hydrogen-bond donors (Lipinski definition) is 3. The summed E-state index contributed by atoms with van der Waals surface area (Å²) in [5, 5.41) is 23.3. The van der Waals surface area contributed by atoms with E-state index in [1.807, 2.05) is 6.08 Å². The van der Waals surface area contributed by atoms with E-state index in [1.54, 1.807) is 6.08 Å². The molecule has 0 fully saturated rings. The SMILES string of the molecule is CCCCCCCC/C=C\CCCCCCCCCC(=O)OCCCCCCCCCCCC/C=C\CCCCCCCCCC(=O)NC(CO)C(O)/C=C/CCCCCCCCCCCCCCCCCCCCCCC. The highest BCUT2D eigenvalue weighted by molar-refractivity contribution is 5.76. The smallest absolute Gasteiger partial charge is 0.305 e. The summed E-state index contributed by atoms with van der Waals surface area (Å²) in [4.78, 5) is 24.6. The van der Waals surface area contributed by atoms with Crippen LogP contribution in [0.5, 0.6) is 0 Å².